The number of nitrogens with two attached hydrogens (primary N) is 1. The minimum Gasteiger partial charge on any atom is -0.369 e. The van der Waals surface area contributed by atoms with Gasteiger partial charge in [0.1, 0.15) is 17.0 Å². The highest BCUT2D eigenvalue weighted by Crippen LogP contribution is 2.28. The monoisotopic (exact) mass is 264 g/mol. The molecule has 0 unspecified atom stereocenters. The van der Waals surface area contributed by atoms with Crippen LogP contribution in [0.3, 0.4) is 0 Å². The Labute approximate surface area is 112 Å². The highest BCUT2D eigenvalue weighted by molar-refractivity contribution is 7.18. The molecule has 0 bridgehead atoms. The molecule has 0 aliphatic carbocycles. The first kappa shape index (κ1) is 13.2. The Hall–Kier alpha value is -1.20. The van der Waals surface area contributed by atoms with Crippen LogP contribution in [-0.4, -0.2) is 23.1 Å². The van der Waals surface area contributed by atoms with Crippen molar-refractivity contribution in [2.75, 3.05) is 18.4 Å². The van der Waals surface area contributed by atoms with Crippen LogP contribution in [0.15, 0.2) is 12.4 Å². The van der Waals surface area contributed by atoms with Gasteiger partial charge in [0.05, 0.1) is 5.39 Å². The molecule has 98 valence electrons. The van der Waals surface area contributed by atoms with E-state index in [1.807, 2.05) is 0 Å². The Morgan fingerprint density at radius 3 is 2.94 bits per heavy atom. The van der Waals surface area contributed by atoms with Crippen molar-refractivity contribution in [2.45, 2.75) is 32.6 Å². The summed E-state index contributed by atoms with van der Waals surface area (Å²) in [5.41, 5.74) is 5.47. The number of anilines is 1. The van der Waals surface area contributed by atoms with Crippen molar-refractivity contribution in [3.05, 3.63) is 17.3 Å². The number of rotatable bonds is 7. The predicted octanol–water partition coefficient (Wildman–Crippen LogP) is 2.79. The zero-order chi connectivity index (χ0) is 12.8. The number of aromatic nitrogens is 2. The summed E-state index contributed by atoms with van der Waals surface area (Å²) in [6.45, 7) is 3.89. The molecule has 0 fully saturated rings. The number of nitrogens with one attached hydrogen (secondary N) is 1. The maximum atomic E-state index is 5.47. The quantitative estimate of drug-likeness (QED) is 0.755. The molecule has 18 heavy (non-hydrogen) atoms. The van der Waals surface area contributed by atoms with Crippen molar-refractivity contribution in [2.24, 2.45) is 5.73 Å². The van der Waals surface area contributed by atoms with Crippen LogP contribution >= 0.6 is 11.3 Å². The van der Waals surface area contributed by atoms with E-state index in [-0.39, 0.29) is 0 Å². The lowest BCUT2D eigenvalue weighted by Crippen LogP contribution is -2.05. The van der Waals surface area contributed by atoms with Crippen molar-refractivity contribution >= 4 is 27.4 Å². The van der Waals surface area contributed by atoms with Crippen molar-refractivity contribution in [1.82, 2.24) is 9.97 Å². The Kier molecular flexibility index (Phi) is 4.90. The van der Waals surface area contributed by atoms with Crippen LogP contribution in [0.25, 0.3) is 10.2 Å². The molecule has 0 aromatic carbocycles. The van der Waals surface area contributed by atoms with E-state index in [0.717, 1.165) is 48.4 Å². The summed E-state index contributed by atoms with van der Waals surface area (Å²) in [5.74, 6) is 0.962. The molecular formula is C13H20N4S. The van der Waals surface area contributed by atoms with Crippen LogP contribution < -0.4 is 11.1 Å². The van der Waals surface area contributed by atoms with Crippen molar-refractivity contribution in [3.8, 4) is 0 Å². The third-order valence-corrected chi connectivity index (χ3v) is 4.09. The Morgan fingerprint density at radius 1 is 1.28 bits per heavy atom. The second-order valence-corrected chi connectivity index (χ2v) is 5.40. The van der Waals surface area contributed by atoms with Gasteiger partial charge in [-0.15, -0.1) is 11.3 Å². The van der Waals surface area contributed by atoms with Gasteiger partial charge in [-0.25, -0.2) is 9.97 Å². The van der Waals surface area contributed by atoms with Crippen molar-refractivity contribution in [1.29, 1.82) is 0 Å². The Morgan fingerprint density at radius 2 is 2.17 bits per heavy atom. The lowest BCUT2D eigenvalue weighted by atomic mass is 10.2. The molecule has 3 N–H and O–H groups in total. The third-order valence-electron chi connectivity index (χ3n) is 2.90. The van der Waals surface area contributed by atoms with Crippen molar-refractivity contribution in [3.63, 3.8) is 0 Å². The van der Waals surface area contributed by atoms with E-state index < -0.39 is 0 Å². The SMILES string of the molecule is CCc1cc2c(NCCCCCN)ncnc2s1. The molecule has 2 aromatic heterocycles. The molecule has 0 amide bonds. The summed E-state index contributed by atoms with van der Waals surface area (Å²) in [4.78, 5) is 11.1. The summed E-state index contributed by atoms with van der Waals surface area (Å²) in [7, 11) is 0. The molecule has 0 radical (unpaired) electrons. The maximum absolute atomic E-state index is 5.47. The van der Waals surface area contributed by atoms with Gasteiger partial charge in [-0.05, 0) is 31.9 Å². The fourth-order valence-corrected chi connectivity index (χ4v) is 2.81. The fourth-order valence-electron chi connectivity index (χ4n) is 1.87. The van der Waals surface area contributed by atoms with Crippen LogP contribution in [0.5, 0.6) is 0 Å². The van der Waals surface area contributed by atoms with E-state index in [2.05, 4.69) is 28.3 Å². The van der Waals surface area contributed by atoms with E-state index in [1.54, 1.807) is 17.7 Å². The molecule has 0 spiro atoms. The van der Waals surface area contributed by atoms with Gasteiger partial charge >= 0.3 is 0 Å². The fraction of sp³-hybridized carbons (Fsp3) is 0.538. The molecular weight excluding hydrogens is 244 g/mol. The number of unbranched alkanes of at least 4 members (excludes halogenated alkanes) is 2. The van der Waals surface area contributed by atoms with Crippen LogP contribution in [0.1, 0.15) is 31.1 Å². The number of fused-ring (bicyclic) bond motifs is 1. The predicted molar refractivity (Wildman–Crippen MR) is 78.2 cm³/mol. The summed E-state index contributed by atoms with van der Waals surface area (Å²) in [6.07, 6.45) is 6.09. The minimum atomic E-state index is 0.780. The summed E-state index contributed by atoms with van der Waals surface area (Å²) in [6, 6.07) is 2.20. The lowest BCUT2D eigenvalue weighted by molar-refractivity contribution is 0.706. The van der Waals surface area contributed by atoms with Gasteiger partial charge in [0.25, 0.3) is 0 Å². The zero-order valence-corrected chi connectivity index (χ0v) is 11.6. The topological polar surface area (TPSA) is 63.8 Å². The second kappa shape index (κ2) is 6.66. The minimum absolute atomic E-state index is 0.780. The number of nitrogens with zero attached hydrogens (tertiary/aromatic N) is 2. The molecule has 4 nitrogen and oxygen atoms in total. The molecule has 0 atom stereocenters. The average Bonchev–Trinajstić information content (AvgIpc) is 2.82. The van der Waals surface area contributed by atoms with Crippen molar-refractivity contribution < 1.29 is 0 Å². The molecule has 0 saturated carbocycles. The molecule has 2 heterocycles. The summed E-state index contributed by atoms with van der Waals surface area (Å²) >= 11 is 1.75. The third kappa shape index (κ3) is 3.17. The maximum Gasteiger partial charge on any atom is 0.138 e. The number of hydrogen-bond donors (Lipinski definition) is 2. The normalized spacial score (nSPS) is 11.0. The van der Waals surface area contributed by atoms with Crippen LogP contribution in [-0.2, 0) is 6.42 Å². The highest BCUT2D eigenvalue weighted by Gasteiger charge is 2.07. The largest absolute Gasteiger partial charge is 0.369 e. The second-order valence-electron chi connectivity index (χ2n) is 4.28. The van der Waals surface area contributed by atoms with E-state index in [0.29, 0.717) is 0 Å². The van der Waals surface area contributed by atoms with E-state index in [9.17, 15) is 0 Å². The van der Waals surface area contributed by atoms with Gasteiger partial charge < -0.3 is 11.1 Å². The van der Waals surface area contributed by atoms with Gasteiger partial charge in [0, 0.05) is 11.4 Å². The molecule has 5 heteroatoms. The van der Waals surface area contributed by atoms with Crippen LogP contribution in [0, 0.1) is 0 Å². The molecule has 0 aliphatic rings. The summed E-state index contributed by atoms with van der Waals surface area (Å²) in [5, 5.41) is 4.55. The Bertz CT molecular complexity index is 495. The smallest absolute Gasteiger partial charge is 0.138 e. The van der Waals surface area contributed by atoms with Gasteiger partial charge in [-0.2, -0.15) is 0 Å². The zero-order valence-electron chi connectivity index (χ0n) is 10.8. The first-order valence-electron chi connectivity index (χ1n) is 6.52. The van der Waals surface area contributed by atoms with E-state index in [4.69, 9.17) is 5.73 Å². The summed E-state index contributed by atoms with van der Waals surface area (Å²) < 4.78 is 0. The van der Waals surface area contributed by atoms with Gasteiger partial charge in [0.2, 0.25) is 0 Å². The highest BCUT2D eigenvalue weighted by atomic mass is 32.1. The van der Waals surface area contributed by atoms with Gasteiger partial charge in [-0.1, -0.05) is 13.3 Å². The molecule has 0 aliphatic heterocycles. The molecule has 2 aromatic rings. The lowest BCUT2D eigenvalue weighted by Gasteiger charge is -2.05. The van der Waals surface area contributed by atoms with Crippen LogP contribution in [0.4, 0.5) is 5.82 Å². The Balaban J connectivity index is 2.01. The van der Waals surface area contributed by atoms with Crippen LogP contribution in [0.2, 0.25) is 0 Å². The van der Waals surface area contributed by atoms with Gasteiger partial charge in [-0.3, -0.25) is 0 Å². The number of hydrogen-bond acceptors (Lipinski definition) is 5. The first-order chi connectivity index (χ1) is 8.85. The first-order valence-corrected chi connectivity index (χ1v) is 7.34. The molecule has 2 rings (SSSR count). The van der Waals surface area contributed by atoms with Gasteiger partial charge in [0.15, 0.2) is 0 Å². The number of thiophene rings is 1. The van der Waals surface area contributed by atoms with E-state index >= 15 is 0 Å². The standard InChI is InChI=1S/C13H20N4S/c1-2-10-8-11-12(15-7-5-3-4-6-14)16-9-17-13(11)18-10/h8-9H,2-7,14H2,1H3,(H,15,16,17). The van der Waals surface area contributed by atoms with E-state index in [1.165, 1.54) is 11.3 Å². The number of aryl methyl sites for hydroxylation is 1. The average molecular weight is 264 g/mol. The molecule has 0 saturated heterocycles.